The molecule has 0 saturated carbocycles. The lowest BCUT2D eigenvalue weighted by Gasteiger charge is -2.33. The first-order chi connectivity index (χ1) is 18.5. The summed E-state index contributed by atoms with van der Waals surface area (Å²) in [5, 5.41) is 10.5. The number of hydrogen-bond donors (Lipinski definition) is 4. The number of rotatable bonds is 1. The van der Waals surface area contributed by atoms with Crippen molar-refractivity contribution in [1.82, 2.24) is 26.2 Å². The van der Waals surface area contributed by atoms with Crippen molar-refractivity contribution in [3.05, 3.63) is 35.9 Å². The molecule has 2 aliphatic rings. The van der Waals surface area contributed by atoms with E-state index >= 15 is 0 Å². The number of carbonyl (C=O) groups excluding carboxylic acids is 6. The van der Waals surface area contributed by atoms with Crippen molar-refractivity contribution in [2.45, 2.75) is 83.0 Å². The molecule has 2 atom stereocenters. The molecule has 0 aromatic heterocycles. The number of cyclic esters (lactones) is 1. The molecule has 0 aliphatic carbocycles. The van der Waals surface area contributed by atoms with Crippen LogP contribution in [0.15, 0.2) is 30.3 Å². The molecule has 2 heterocycles. The average molecular weight is 558 g/mol. The Bertz CT molecular complexity index is 1180. The topological polar surface area (TPSA) is 163 Å². The first-order valence-electron chi connectivity index (χ1n) is 13.3. The normalized spacial score (nSPS) is 26.1. The zero-order valence-electron chi connectivity index (χ0n) is 23.9. The summed E-state index contributed by atoms with van der Waals surface area (Å²) in [6.45, 7) is 8.46. The maximum absolute atomic E-state index is 13.4. The minimum Gasteiger partial charge on any atom is -0.463 e. The maximum Gasteiger partial charge on any atom is 0.331 e. The van der Waals surface area contributed by atoms with Crippen LogP contribution in [0, 0.1) is 0 Å². The Morgan fingerprint density at radius 2 is 1.38 bits per heavy atom. The highest BCUT2D eigenvalue weighted by atomic mass is 16.5. The fourth-order valence-electron chi connectivity index (χ4n) is 4.56. The van der Waals surface area contributed by atoms with Crippen molar-refractivity contribution < 1.29 is 33.5 Å². The Hall–Kier alpha value is -3.96. The highest BCUT2D eigenvalue weighted by Crippen LogP contribution is 2.22. The van der Waals surface area contributed by atoms with Gasteiger partial charge in [0.25, 0.3) is 0 Å². The van der Waals surface area contributed by atoms with Crippen LogP contribution in [-0.2, 0) is 33.5 Å². The van der Waals surface area contributed by atoms with Gasteiger partial charge in [-0.15, -0.1) is 0 Å². The van der Waals surface area contributed by atoms with E-state index in [-0.39, 0.29) is 13.2 Å². The number of amides is 5. The predicted octanol–water partition coefficient (Wildman–Crippen LogP) is 0.119. The molecule has 1 aromatic rings. The fourth-order valence-corrected chi connectivity index (χ4v) is 4.56. The fraction of sp³-hybridized carbons (Fsp3) is 0.571. The first kappa shape index (κ1) is 30.6. The molecule has 40 heavy (non-hydrogen) atoms. The lowest BCUT2D eigenvalue weighted by atomic mass is 9.95. The number of fused-ring (bicyclic) bond motifs is 1. The van der Waals surface area contributed by atoms with Gasteiger partial charge in [0.1, 0.15) is 29.3 Å². The predicted molar refractivity (Wildman–Crippen MR) is 145 cm³/mol. The third kappa shape index (κ3) is 6.97. The van der Waals surface area contributed by atoms with Crippen molar-refractivity contribution in [2.75, 3.05) is 19.7 Å². The van der Waals surface area contributed by atoms with Gasteiger partial charge in [-0.1, -0.05) is 30.3 Å². The molecule has 12 nitrogen and oxygen atoms in total. The van der Waals surface area contributed by atoms with Crippen LogP contribution in [0.1, 0.15) is 65.9 Å². The second-order valence-electron chi connectivity index (χ2n) is 11.8. The zero-order chi connectivity index (χ0) is 29.9. The van der Waals surface area contributed by atoms with Crippen LogP contribution in [0.2, 0.25) is 0 Å². The zero-order valence-corrected chi connectivity index (χ0v) is 23.9. The van der Waals surface area contributed by atoms with E-state index in [2.05, 4.69) is 21.3 Å². The van der Waals surface area contributed by atoms with Crippen molar-refractivity contribution in [3.63, 3.8) is 0 Å². The minimum absolute atomic E-state index is 0.318. The van der Waals surface area contributed by atoms with E-state index in [1.807, 2.05) is 0 Å². The number of nitrogens with zero attached hydrogens (tertiary/aromatic N) is 1. The van der Waals surface area contributed by atoms with E-state index < -0.39 is 64.1 Å². The number of benzene rings is 1. The highest BCUT2D eigenvalue weighted by Gasteiger charge is 2.42. The third-order valence-corrected chi connectivity index (χ3v) is 7.12. The summed E-state index contributed by atoms with van der Waals surface area (Å²) in [5.74, 6) is -4.55. The summed E-state index contributed by atoms with van der Waals surface area (Å²) in [6.07, 6.45) is 0.969. The Labute approximate surface area is 233 Å². The molecule has 1 aromatic carbocycles. The Morgan fingerprint density at radius 1 is 0.775 bits per heavy atom. The molecule has 1 unspecified atom stereocenters. The average Bonchev–Trinajstić information content (AvgIpc) is 3.37. The van der Waals surface area contributed by atoms with E-state index in [9.17, 15) is 28.8 Å². The summed E-state index contributed by atoms with van der Waals surface area (Å²) in [5.41, 5.74) is -3.80. The molecule has 12 heteroatoms. The van der Waals surface area contributed by atoms with Gasteiger partial charge >= 0.3 is 5.97 Å². The van der Waals surface area contributed by atoms with E-state index in [0.717, 1.165) is 0 Å². The lowest BCUT2D eigenvalue weighted by molar-refractivity contribution is -0.154. The van der Waals surface area contributed by atoms with E-state index in [0.29, 0.717) is 24.9 Å². The van der Waals surface area contributed by atoms with E-state index in [1.54, 1.807) is 30.3 Å². The molecule has 2 saturated heterocycles. The first-order valence-corrected chi connectivity index (χ1v) is 13.3. The van der Waals surface area contributed by atoms with Gasteiger partial charge < -0.3 is 30.9 Å². The number of ether oxygens (including phenoxy) is 1. The second kappa shape index (κ2) is 11.6. The molecule has 2 aliphatic heterocycles. The molecule has 0 spiro atoms. The SMILES string of the molecule is CC1(C)NC(=O)C(c2ccccc2)COC(=O)C(C)(C)NC(=O)[C@@H]2CCCN2C(=O)CNC(=O)C(C)(C)NC1=O. The quantitative estimate of drug-likeness (QED) is 0.356. The smallest absolute Gasteiger partial charge is 0.331 e. The van der Waals surface area contributed by atoms with Gasteiger partial charge in [-0.25, -0.2) is 4.79 Å². The summed E-state index contributed by atoms with van der Waals surface area (Å²) in [7, 11) is 0. The van der Waals surface area contributed by atoms with Crippen molar-refractivity contribution in [3.8, 4) is 0 Å². The molecule has 5 amide bonds. The summed E-state index contributed by atoms with van der Waals surface area (Å²) in [6, 6.07) is 7.82. The molecule has 2 fully saturated rings. The number of esters is 1. The number of hydrogen-bond acceptors (Lipinski definition) is 7. The Balaban J connectivity index is 1.96. The second-order valence-corrected chi connectivity index (χ2v) is 11.8. The van der Waals surface area contributed by atoms with Gasteiger partial charge in [-0.2, -0.15) is 0 Å². The van der Waals surface area contributed by atoms with Crippen LogP contribution >= 0.6 is 0 Å². The van der Waals surface area contributed by atoms with Crippen LogP contribution in [-0.4, -0.2) is 82.8 Å². The third-order valence-electron chi connectivity index (χ3n) is 7.12. The van der Waals surface area contributed by atoms with Crippen molar-refractivity contribution >= 4 is 35.5 Å². The molecular weight excluding hydrogens is 518 g/mol. The molecule has 218 valence electrons. The van der Waals surface area contributed by atoms with Gasteiger partial charge in [0.05, 0.1) is 12.5 Å². The molecule has 4 N–H and O–H groups in total. The summed E-state index contributed by atoms with van der Waals surface area (Å²) < 4.78 is 5.53. The van der Waals surface area contributed by atoms with Crippen LogP contribution in [0.25, 0.3) is 0 Å². The van der Waals surface area contributed by atoms with Crippen LogP contribution in [0.3, 0.4) is 0 Å². The standard InChI is InChI=1S/C28H39N5O7/c1-26(2)23(37)29-15-20(34)33-14-10-13-19(33)22(36)31-28(5,6)25(39)40-16-18(17-11-8-7-9-12-17)21(35)30-27(3,4)24(38)32-26/h7-9,11-12,18-19H,10,13-16H2,1-6H3,(H,29,37)(H,30,35)(H,31,36)(H,32,38)/t18?,19-/m0/s1. The van der Waals surface area contributed by atoms with Crippen LogP contribution < -0.4 is 21.3 Å². The van der Waals surface area contributed by atoms with Gasteiger partial charge in [-0.3, -0.25) is 24.0 Å². The molecule has 3 rings (SSSR count). The Kier molecular flexibility index (Phi) is 8.90. The largest absolute Gasteiger partial charge is 0.463 e. The highest BCUT2D eigenvalue weighted by molar-refractivity contribution is 5.98. The van der Waals surface area contributed by atoms with Crippen molar-refractivity contribution in [1.29, 1.82) is 0 Å². The van der Waals surface area contributed by atoms with Crippen molar-refractivity contribution in [2.24, 2.45) is 0 Å². The van der Waals surface area contributed by atoms with Gasteiger partial charge in [0.15, 0.2) is 0 Å². The summed E-state index contributed by atoms with van der Waals surface area (Å²) in [4.78, 5) is 80.1. The van der Waals surface area contributed by atoms with Crippen LogP contribution in [0.5, 0.6) is 0 Å². The van der Waals surface area contributed by atoms with Gasteiger partial charge in [-0.05, 0) is 59.9 Å². The maximum atomic E-state index is 13.4. The summed E-state index contributed by atoms with van der Waals surface area (Å²) >= 11 is 0. The van der Waals surface area contributed by atoms with Gasteiger partial charge in [0, 0.05) is 6.54 Å². The lowest BCUT2D eigenvalue weighted by Crippen LogP contribution is -2.63. The van der Waals surface area contributed by atoms with E-state index in [1.165, 1.54) is 46.4 Å². The monoisotopic (exact) mass is 557 g/mol. The van der Waals surface area contributed by atoms with Gasteiger partial charge in [0.2, 0.25) is 29.5 Å². The minimum atomic E-state index is -1.47. The molecule has 0 radical (unpaired) electrons. The number of carbonyl (C=O) groups is 6. The van der Waals surface area contributed by atoms with Crippen LogP contribution in [0.4, 0.5) is 0 Å². The Morgan fingerprint density at radius 3 is 2.02 bits per heavy atom. The molecule has 0 bridgehead atoms. The number of nitrogens with one attached hydrogen (secondary N) is 4. The molecular formula is C28H39N5O7. The van der Waals surface area contributed by atoms with E-state index in [4.69, 9.17) is 4.74 Å².